The Kier molecular flexibility index (Phi) is 8.80. The number of benzene rings is 1. The smallest absolute Gasteiger partial charge is 0.403 e. The summed E-state index contributed by atoms with van der Waals surface area (Å²) in [6, 6.07) is 0.573. The molecule has 1 amide bonds. The Balaban J connectivity index is 2.09. The largest absolute Gasteiger partial charge is 0.573 e. The molecule has 3 rings (SSSR count). The molecule has 0 saturated heterocycles. The molecule has 0 aliphatic heterocycles. The van der Waals surface area contributed by atoms with Gasteiger partial charge in [-0.3, -0.25) is 4.79 Å². The molecule has 1 fully saturated rings. The van der Waals surface area contributed by atoms with Gasteiger partial charge in [-0.1, -0.05) is 23.2 Å². The Morgan fingerprint density at radius 3 is 2.12 bits per heavy atom. The summed E-state index contributed by atoms with van der Waals surface area (Å²) in [5.74, 6) is -2.26. The third-order valence-corrected chi connectivity index (χ3v) is 6.40. The maximum atomic E-state index is 14.5. The van der Waals surface area contributed by atoms with Gasteiger partial charge in [0.1, 0.15) is 10.8 Å². The summed E-state index contributed by atoms with van der Waals surface area (Å²) in [7, 11) is 1.52. The Morgan fingerprint density at radius 2 is 1.63 bits per heavy atom. The van der Waals surface area contributed by atoms with Crippen LogP contribution in [-0.2, 0) is 5.67 Å². The van der Waals surface area contributed by atoms with Crippen LogP contribution in [0.1, 0.15) is 34.3 Å². The predicted octanol–water partition coefficient (Wildman–Crippen LogP) is 7.91. The molecule has 224 valence electrons. The molecule has 0 spiro atoms. The van der Waals surface area contributed by atoms with Crippen LogP contribution in [-0.4, -0.2) is 53.8 Å². The first kappa shape index (κ1) is 32.2. The second-order valence-electron chi connectivity index (χ2n) is 8.63. The molecule has 1 aliphatic rings. The van der Waals surface area contributed by atoms with Crippen molar-refractivity contribution < 1.29 is 53.4 Å². The van der Waals surface area contributed by atoms with Gasteiger partial charge in [0.15, 0.2) is 5.75 Å². The molecule has 0 unspecified atom stereocenters. The predicted molar refractivity (Wildman–Crippen MR) is 128 cm³/mol. The van der Waals surface area contributed by atoms with Gasteiger partial charge in [-0.25, -0.2) is 9.37 Å². The lowest BCUT2D eigenvalue weighted by Crippen LogP contribution is -2.50. The van der Waals surface area contributed by atoms with Crippen molar-refractivity contribution in [1.82, 2.24) is 9.88 Å². The molecule has 6 nitrogen and oxygen atoms in total. The molecule has 2 N–H and O–H groups in total. The topological polar surface area (TPSA) is 78.3 Å². The number of pyridine rings is 1. The molecule has 18 heteroatoms. The quantitative estimate of drug-likeness (QED) is 0.175. The van der Waals surface area contributed by atoms with E-state index in [-0.39, 0.29) is 34.0 Å². The maximum absolute atomic E-state index is 14.5. The lowest BCUT2D eigenvalue weighted by Gasteiger charge is -2.31. The lowest BCUT2D eigenvalue weighted by molar-refractivity contribution is -0.348. The van der Waals surface area contributed by atoms with E-state index in [1.807, 2.05) is 0 Å². The van der Waals surface area contributed by atoms with Gasteiger partial charge in [0, 0.05) is 48.4 Å². The number of ether oxygens (including phenoxy) is 1. The molecule has 2 aromatic rings. The minimum Gasteiger partial charge on any atom is -0.403 e. The number of halogens is 12. The fourth-order valence-corrected chi connectivity index (χ4v) is 3.99. The summed E-state index contributed by atoms with van der Waals surface area (Å²) in [6.07, 6.45) is -14.9. The Morgan fingerprint density at radius 1 is 1.05 bits per heavy atom. The molecule has 0 radical (unpaired) electrons. The molecule has 41 heavy (non-hydrogen) atoms. The molecule has 1 aromatic carbocycles. The van der Waals surface area contributed by atoms with Gasteiger partial charge < -0.3 is 20.4 Å². The van der Waals surface area contributed by atoms with Crippen molar-refractivity contribution in [3.8, 4) is 5.75 Å². The summed E-state index contributed by atoms with van der Waals surface area (Å²) in [5.41, 5.74) is -9.74. The number of allylic oxidation sites excluding steroid dienone is 1. The Hall–Kier alpha value is -3.27. The van der Waals surface area contributed by atoms with Crippen LogP contribution in [0.4, 0.5) is 49.6 Å². The van der Waals surface area contributed by atoms with Gasteiger partial charge in [0.05, 0.1) is 10.6 Å². The van der Waals surface area contributed by atoms with Gasteiger partial charge in [-0.05, 0) is 31.0 Å². The minimum atomic E-state index is -6.64. The van der Waals surface area contributed by atoms with E-state index in [2.05, 4.69) is 15.0 Å². The lowest BCUT2D eigenvalue weighted by atomic mass is 9.93. The minimum absolute atomic E-state index is 0.00685. The molecule has 0 bridgehead atoms. The second-order valence-corrected chi connectivity index (χ2v) is 9.40. The van der Waals surface area contributed by atoms with Gasteiger partial charge >= 0.3 is 24.4 Å². The second kappa shape index (κ2) is 11.2. The van der Waals surface area contributed by atoms with Crippen molar-refractivity contribution in [2.45, 2.75) is 43.3 Å². The number of nitrogens with zero attached hydrogens (tertiary/aromatic N) is 2. The SMILES string of the molecule is CN(C(=O)c1cc(/C(C=N)=C/Nc2c(Cl)cc(C(F)(C(F)(F)F)C(F)(F)F)cc2OC(F)(F)F)cnc1Cl)C1CC1. The number of alkyl halides is 10. The zero-order valence-corrected chi connectivity index (χ0v) is 21.7. The first-order chi connectivity index (χ1) is 18.7. The normalized spacial score (nSPS) is 15.0. The number of nitrogens with one attached hydrogen (secondary N) is 2. The number of hydrogen-bond donors (Lipinski definition) is 2. The summed E-state index contributed by atoms with van der Waals surface area (Å²) in [5, 5.41) is 8.31. The molecule has 1 heterocycles. The summed E-state index contributed by atoms with van der Waals surface area (Å²) >= 11 is 11.7. The van der Waals surface area contributed by atoms with Crippen LogP contribution in [0.2, 0.25) is 10.2 Å². The molecular formula is C23H16Cl2F10N4O2. The third-order valence-electron chi connectivity index (χ3n) is 5.80. The standard InChI is InChI=1S/C23H16Cl2F10N4O2/c1-39(13-2-3-13)19(40)14-4-10(8-38-18(14)25)11(7-36)9-37-17-15(24)5-12(6-16(17)41-23(33,34)35)20(26,21(27,28)29)22(30,31)32/h4-9,13,36-37H,2-3H2,1H3/b11-9+,36-7?. The molecule has 1 saturated carbocycles. The van der Waals surface area contributed by atoms with Gasteiger partial charge in [0.25, 0.3) is 5.91 Å². The highest BCUT2D eigenvalue weighted by Gasteiger charge is 2.73. The van der Waals surface area contributed by atoms with Crippen LogP contribution in [0.5, 0.6) is 5.75 Å². The van der Waals surface area contributed by atoms with E-state index >= 15 is 0 Å². The van der Waals surface area contributed by atoms with Crippen LogP contribution < -0.4 is 10.1 Å². The Labute approximate surface area is 234 Å². The third kappa shape index (κ3) is 6.80. The first-order valence-electron chi connectivity index (χ1n) is 11.0. The van der Waals surface area contributed by atoms with Crippen molar-refractivity contribution in [1.29, 1.82) is 5.41 Å². The van der Waals surface area contributed by atoms with E-state index in [1.54, 1.807) is 0 Å². The van der Waals surface area contributed by atoms with E-state index in [9.17, 15) is 48.7 Å². The van der Waals surface area contributed by atoms with Crippen molar-refractivity contribution in [2.75, 3.05) is 12.4 Å². The van der Waals surface area contributed by atoms with E-state index in [0.29, 0.717) is 6.21 Å². The van der Waals surface area contributed by atoms with E-state index in [0.717, 1.165) is 25.2 Å². The van der Waals surface area contributed by atoms with Crippen LogP contribution in [0.3, 0.4) is 0 Å². The highest BCUT2D eigenvalue weighted by Crippen LogP contribution is 2.55. The highest BCUT2D eigenvalue weighted by molar-refractivity contribution is 6.34. The summed E-state index contributed by atoms with van der Waals surface area (Å²) in [4.78, 5) is 18.0. The van der Waals surface area contributed by atoms with Gasteiger partial charge in [-0.15, -0.1) is 13.2 Å². The fraction of sp³-hybridized carbons (Fsp3) is 0.348. The zero-order chi connectivity index (χ0) is 31.1. The number of aromatic nitrogens is 1. The molecule has 1 aromatic heterocycles. The zero-order valence-electron chi connectivity index (χ0n) is 20.2. The van der Waals surface area contributed by atoms with E-state index in [4.69, 9.17) is 28.6 Å². The first-order valence-corrected chi connectivity index (χ1v) is 11.8. The van der Waals surface area contributed by atoms with E-state index in [1.165, 1.54) is 18.0 Å². The molecule has 1 aliphatic carbocycles. The summed E-state index contributed by atoms with van der Waals surface area (Å²) in [6.45, 7) is 0. The van der Waals surface area contributed by atoms with Crippen molar-refractivity contribution >= 4 is 46.6 Å². The van der Waals surface area contributed by atoms with Crippen molar-refractivity contribution in [3.63, 3.8) is 0 Å². The number of carbonyl (C=O) groups is 1. The monoisotopic (exact) mass is 640 g/mol. The van der Waals surface area contributed by atoms with Crippen molar-refractivity contribution in [3.05, 3.63) is 57.5 Å². The average Bonchev–Trinajstić information content (AvgIpc) is 3.68. The molecular weight excluding hydrogens is 625 g/mol. The number of carbonyl (C=O) groups excluding carboxylic acids is 1. The van der Waals surface area contributed by atoms with Gasteiger partial charge in [0.2, 0.25) is 0 Å². The van der Waals surface area contributed by atoms with Gasteiger partial charge in [-0.2, -0.15) is 26.3 Å². The number of anilines is 1. The summed E-state index contributed by atoms with van der Waals surface area (Å²) < 4.78 is 136. The van der Waals surface area contributed by atoms with Crippen LogP contribution in [0.25, 0.3) is 5.57 Å². The van der Waals surface area contributed by atoms with Crippen LogP contribution in [0, 0.1) is 5.41 Å². The van der Waals surface area contributed by atoms with Crippen LogP contribution in [0.15, 0.2) is 30.6 Å². The fourth-order valence-electron chi connectivity index (χ4n) is 3.55. The number of rotatable bonds is 8. The maximum Gasteiger partial charge on any atom is 0.573 e. The Bertz CT molecular complexity index is 1360. The average molecular weight is 641 g/mol. The van der Waals surface area contributed by atoms with E-state index < -0.39 is 58.4 Å². The van der Waals surface area contributed by atoms with Crippen LogP contribution >= 0.6 is 23.2 Å². The number of amides is 1. The van der Waals surface area contributed by atoms with Crippen molar-refractivity contribution in [2.24, 2.45) is 0 Å². The number of hydrogen-bond acceptors (Lipinski definition) is 5. The molecule has 0 atom stereocenters. The highest BCUT2D eigenvalue weighted by atomic mass is 35.5.